The van der Waals surface area contributed by atoms with Gasteiger partial charge < -0.3 is 9.64 Å². The molecule has 2 aromatic rings. The van der Waals surface area contributed by atoms with Gasteiger partial charge in [-0.3, -0.25) is 9.89 Å². The van der Waals surface area contributed by atoms with Gasteiger partial charge in [0.25, 0.3) is 0 Å². The Hall–Kier alpha value is -2.02. The number of benzene rings is 1. The Labute approximate surface area is 140 Å². The van der Waals surface area contributed by atoms with Crippen LogP contribution in [0.4, 0.5) is 0 Å². The molecule has 1 atom stereocenters. The van der Waals surface area contributed by atoms with Crippen LogP contribution >= 0.6 is 11.8 Å². The molecule has 7 heteroatoms. The van der Waals surface area contributed by atoms with Gasteiger partial charge in [0.1, 0.15) is 11.6 Å². The summed E-state index contributed by atoms with van der Waals surface area (Å²) in [4.78, 5) is 18.3. The molecule has 0 aliphatic carbocycles. The first-order valence-electron chi connectivity index (χ1n) is 7.40. The number of nitrogens with zero attached hydrogens (tertiary/aromatic N) is 3. The van der Waals surface area contributed by atoms with Crippen molar-refractivity contribution in [3.05, 3.63) is 35.7 Å². The van der Waals surface area contributed by atoms with Crippen molar-refractivity contribution in [1.82, 2.24) is 20.1 Å². The van der Waals surface area contributed by atoms with Crippen LogP contribution in [0.3, 0.4) is 0 Å². The highest BCUT2D eigenvalue weighted by Crippen LogP contribution is 2.21. The topological polar surface area (TPSA) is 71.1 Å². The molecule has 0 spiro atoms. The summed E-state index contributed by atoms with van der Waals surface area (Å²) in [5, 5.41) is 7.39. The number of rotatable bonds is 7. The number of hydrogen-bond donors (Lipinski definition) is 1. The number of nitrogens with one attached hydrogen (secondary N) is 1. The fourth-order valence-corrected chi connectivity index (χ4v) is 2.96. The predicted octanol–water partition coefficient (Wildman–Crippen LogP) is 2.30. The Morgan fingerprint density at radius 2 is 2.17 bits per heavy atom. The van der Waals surface area contributed by atoms with Gasteiger partial charge in [0.2, 0.25) is 11.1 Å². The van der Waals surface area contributed by atoms with Crippen molar-refractivity contribution in [3.63, 3.8) is 0 Å². The Bertz CT molecular complexity index is 659. The molecular weight excluding hydrogens is 312 g/mol. The molecule has 0 bridgehead atoms. The number of aromatic nitrogens is 3. The maximum atomic E-state index is 12.3. The van der Waals surface area contributed by atoms with Crippen LogP contribution in [0, 0.1) is 6.92 Å². The van der Waals surface area contributed by atoms with Gasteiger partial charge in [-0.2, -0.15) is 0 Å². The van der Waals surface area contributed by atoms with E-state index in [4.69, 9.17) is 4.74 Å². The van der Waals surface area contributed by atoms with Crippen molar-refractivity contribution < 1.29 is 9.53 Å². The zero-order chi connectivity index (χ0) is 16.8. The molecule has 1 N–H and O–H groups in total. The minimum atomic E-state index is 0.0554. The monoisotopic (exact) mass is 334 g/mol. The molecule has 23 heavy (non-hydrogen) atoms. The van der Waals surface area contributed by atoms with Crippen molar-refractivity contribution >= 4 is 17.7 Å². The van der Waals surface area contributed by atoms with E-state index in [0.29, 0.717) is 10.9 Å². The first-order valence-corrected chi connectivity index (χ1v) is 8.39. The van der Waals surface area contributed by atoms with Gasteiger partial charge in [-0.05, 0) is 31.9 Å². The molecule has 0 fully saturated rings. The molecule has 0 unspecified atom stereocenters. The summed E-state index contributed by atoms with van der Waals surface area (Å²) in [5.74, 6) is 1.98. The summed E-state index contributed by atoms with van der Waals surface area (Å²) < 4.78 is 5.37. The van der Waals surface area contributed by atoms with Crippen molar-refractivity contribution in [1.29, 1.82) is 0 Å². The molecule has 124 valence electrons. The van der Waals surface area contributed by atoms with Gasteiger partial charge in [0, 0.05) is 13.1 Å². The van der Waals surface area contributed by atoms with E-state index in [0.717, 1.165) is 23.6 Å². The number of thioether (sulfide) groups is 1. The van der Waals surface area contributed by atoms with Crippen LogP contribution < -0.4 is 4.74 Å². The summed E-state index contributed by atoms with van der Waals surface area (Å²) in [7, 11) is 3.49. The minimum Gasteiger partial charge on any atom is -0.496 e. The molecule has 1 aromatic carbocycles. The Kier molecular flexibility index (Phi) is 6.04. The molecule has 1 aromatic heterocycles. The maximum Gasteiger partial charge on any atom is 0.233 e. The summed E-state index contributed by atoms with van der Waals surface area (Å²) in [6.45, 7) is 3.87. The second-order valence-corrected chi connectivity index (χ2v) is 6.30. The zero-order valence-corrected chi connectivity index (χ0v) is 14.7. The molecule has 6 nitrogen and oxygen atoms in total. The lowest BCUT2D eigenvalue weighted by Gasteiger charge is -2.25. The lowest BCUT2D eigenvalue weighted by molar-refractivity contribution is -0.128. The van der Waals surface area contributed by atoms with Crippen molar-refractivity contribution in [2.75, 3.05) is 19.9 Å². The van der Waals surface area contributed by atoms with E-state index in [2.05, 4.69) is 15.2 Å². The highest BCUT2D eigenvalue weighted by molar-refractivity contribution is 7.99. The number of carbonyl (C=O) groups is 1. The third-order valence-corrected chi connectivity index (χ3v) is 4.50. The molecule has 0 radical (unpaired) electrons. The van der Waals surface area contributed by atoms with E-state index in [1.165, 1.54) is 11.8 Å². The number of amides is 1. The number of para-hydroxylation sites is 1. The van der Waals surface area contributed by atoms with E-state index in [9.17, 15) is 4.79 Å². The average molecular weight is 334 g/mol. The smallest absolute Gasteiger partial charge is 0.233 e. The highest BCUT2D eigenvalue weighted by Gasteiger charge is 2.18. The van der Waals surface area contributed by atoms with Gasteiger partial charge in [-0.1, -0.05) is 30.0 Å². The first-order chi connectivity index (χ1) is 11.0. The molecule has 0 aliphatic heterocycles. The van der Waals surface area contributed by atoms with E-state index in [1.54, 1.807) is 12.0 Å². The van der Waals surface area contributed by atoms with Gasteiger partial charge in [-0.25, -0.2) is 4.98 Å². The predicted molar refractivity (Wildman–Crippen MR) is 90.8 cm³/mol. The standard InChI is InChI=1S/C16H22N4O2S/c1-11(9-13-7-5-6-8-14(13)22-4)20(3)15(21)10-23-16-17-12(2)18-19-16/h5-8,11H,9-10H2,1-4H3,(H,17,18,19)/t11-/m0/s1. The third kappa shape index (κ3) is 4.72. The fourth-order valence-electron chi connectivity index (χ4n) is 2.19. The lowest BCUT2D eigenvalue weighted by atomic mass is 10.1. The molecule has 0 saturated carbocycles. The molecule has 2 rings (SSSR count). The van der Waals surface area contributed by atoms with Crippen LogP contribution in [0.25, 0.3) is 0 Å². The SMILES string of the molecule is COc1ccccc1C[C@H](C)N(C)C(=O)CSc1n[nH]c(C)n1. The van der Waals surface area contributed by atoms with Crippen molar-refractivity contribution in [3.8, 4) is 5.75 Å². The van der Waals surface area contributed by atoms with Crippen molar-refractivity contribution in [2.45, 2.75) is 31.5 Å². The number of likely N-dealkylation sites (N-methyl/N-ethyl adjacent to an activating group) is 1. The van der Waals surface area contributed by atoms with Crippen LogP contribution in [0.2, 0.25) is 0 Å². The second-order valence-electron chi connectivity index (χ2n) is 5.36. The quantitative estimate of drug-likeness (QED) is 0.787. The van der Waals surface area contributed by atoms with Gasteiger partial charge in [-0.15, -0.1) is 5.10 Å². The summed E-state index contributed by atoms with van der Waals surface area (Å²) >= 11 is 1.34. The van der Waals surface area contributed by atoms with Gasteiger partial charge in [0.15, 0.2) is 0 Å². The average Bonchev–Trinajstić information content (AvgIpc) is 2.97. The first kappa shape index (κ1) is 17.3. The lowest BCUT2D eigenvalue weighted by Crippen LogP contribution is -2.37. The van der Waals surface area contributed by atoms with Gasteiger partial charge >= 0.3 is 0 Å². The fraction of sp³-hybridized carbons (Fsp3) is 0.438. The second kappa shape index (κ2) is 8.01. The maximum absolute atomic E-state index is 12.3. The zero-order valence-electron chi connectivity index (χ0n) is 13.9. The molecule has 1 heterocycles. The number of H-pyrrole nitrogens is 1. The number of aryl methyl sites for hydroxylation is 1. The molecular formula is C16H22N4O2S. The molecule has 1 amide bonds. The molecule has 0 saturated heterocycles. The summed E-state index contributed by atoms with van der Waals surface area (Å²) in [6, 6.07) is 7.96. The Morgan fingerprint density at radius 3 is 2.83 bits per heavy atom. The van der Waals surface area contributed by atoms with Crippen LogP contribution in [0.15, 0.2) is 29.4 Å². The van der Waals surface area contributed by atoms with Crippen LogP contribution in [0.1, 0.15) is 18.3 Å². The summed E-state index contributed by atoms with van der Waals surface area (Å²) in [5.41, 5.74) is 1.10. The van der Waals surface area contributed by atoms with E-state index >= 15 is 0 Å². The number of ether oxygens (including phenoxy) is 1. The van der Waals surface area contributed by atoms with Crippen LogP contribution in [-0.2, 0) is 11.2 Å². The Morgan fingerprint density at radius 1 is 1.43 bits per heavy atom. The summed E-state index contributed by atoms with van der Waals surface area (Å²) in [6.07, 6.45) is 0.747. The van der Waals surface area contributed by atoms with E-state index in [-0.39, 0.29) is 11.9 Å². The third-order valence-electron chi connectivity index (χ3n) is 3.66. The van der Waals surface area contributed by atoms with Gasteiger partial charge in [0.05, 0.1) is 12.9 Å². The molecule has 0 aliphatic rings. The van der Waals surface area contributed by atoms with Crippen LogP contribution in [-0.4, -0.2) is 51.9 Å². The highest BCUT2D eigenvalue weighted by atomic mass is 32.2. The minimum absolute atomic E-state index is 0.0554. The number of carbonyl (C=O) groups excluding carboxylic acids is 1. The largest absolute Gasteiger partial charge is 0.496 e. The number of methoxy groups -OCH3 is 1. The number of aromatic amines is 1. The Balaban J connectivity index is 1.90. The normalized spacial score (nSPS) is 12.0. The van der Waals surface area contributed by atoms with Crippen molar-refractivity contribution in [2.24, 2.45) is 0 Å². The van der Waals surface area contributed by atoms with E-state index < -0.39 is 0 Å². The number of hydrogen-bond acceptors (Lipinski definition) is 5. The van der Waals surface area contributed by atoms with Crippen LogP contribution in [0.5, 0.6) is 5.75 Å². The van der Waals surface area contributed by atoms with E-state index in [1.807, 2.05) is 45.2 Å².